The van der Waals surface area contributed by atoms with E-state index in [2.05, 4.69) is 21.3 Å². The van der Waals surface area contributed by atoms with Crippen molar-refractivity contribution in [3.05, 3.63) is 35.9 Å². The molecule has 4 amide bonds. The summed E-state index contributed by atoms with van der Waals surface area (Å²) in [6.07, 6.45) is 1.14. The van der Waals surface area contributed by atoms with Crippen molar-refractivity contribution >= 4 is 23.6 Å². The van der Waals surface area contributed by atoms with Crippen LogP contribution in [0.15, 0.2) is 30.3 Å². The molecule has 0 radical (unpaired) electrons. The summed E-state index contributed by atoms with van der Waals surface area (Å²) in [6.45, 7) is 15.3. The third-order valence-electron chi connectivity index (χ3n) is 6.41. The molecule has 38 heavy (non-hydrogen) atoms. The van der Waals surface area contributed by atoms with E-state index in [1.165, 1.54) is 0 Å². The van der Waals surface area contributed by atoms with Crippen LogP contribution < -0.4 is 27.0 Å². The Balaban J connectivity index is 2.90. The van der Waals surface area contributed by atoms with Crippen molar-refractivity contribution in [2.24, 2.45) is 29.4 Å². The molecule has 1 aromatic carbocycles. The highest BCUT2D eigenvalue weighted by Crippen LogP contribution is 2.11. The van der Waals surface area contributed by atoms with Gasteiger partial charge in [0.25, 0.3) is 0 Å². The second kappa shape index (κ2) is 16.1. The molecule has 4 atom stereocenters. The van der Waals surface area contributed by atoms with Gasteiger partial charge in [0.2, 0.25) is 23.6 Å². The fourth-order valence-electron chi connectivity index (χ4n) is 3.93. The molecule has 0 aliphatic carbocycles. The van der Waals surface area contributed by atoms with Crippen LogP contribution in [0.2, 0.25) is 0 Å². The molecule has 1 rings (SSSR count). The Hall–Kier alpha value is -2.94. The Kier molecular flexibility index (Phi) is 14.0. The first-order valence-corrected chi connectivity index (χ1v) is 13.7. The molecular formula is C29H49N5O4. The minimum absolute atomic E-state index is 0.0863. The molecule has 0 bridgehead atoms. The summed E-state index contributed by atoms with van der Waals surface area (Å²) in [5, 5.41) is 11.3. The minimum atomic E-state index is -0.883. The molecule has 9 nitrogen and oxygen atoms in total. The number of carbonyl (C=O) groups is 4. The average Bonchev–Trinajstić information content (AvgIpc) is 2.84. The van der Waals surface area contributed by atoms with Crippen molar-refractivity contribution in [2.75, 3.05) is 6.54 Å². The second-order valence-corrected chi connectivity index (χ2v) is 11.4. The number of hydrogen-bond donors (Lipinski definition) is 5. The Morgan fingerprint density at radius 2 is 1.18 bits per heavy atom. The van der Waals surface area contributed by atoms with Crippen LogP contribution in [-0.4, -0.2) is 54.3 Å². The van der Waals surface area contributed by atoms with Crippen LogP contribution in [0.1, 0.15) is 67.4 Å². The van der Waals surface area contributed by atoms with Gasteiger partial charge in [-0.2, -0.15) is 0 Å². The molecule has 0 aliphatic rings. The molecule has 0 unspecified atom stereocenters. The molecule has 9 heteroatoms. The van der Waals surface area contributed by atoms with E-state index in [1.807, 2.05) is 85.7 Å². The van der Waals surface area contributed by atoms with Crippen molar-refractivity contribution in [3.63, 3.8) is 0 Å². The highest BCUT2D eigenvalue weighted by atomic mass is 16.2. The van der Waals surface area contributed by atoms with Gasteiger partial charge in [-0.1, -0.05) is 85.7 Å². The topological polar surface area (TPSA) is 142 Å². The first-order chi connectivity index (χ1) is 17.7. The standard InChI is InChI=1S/C29H49N5O4/c1-17(2)16-22(26(35)31-15-14-21-12-10-9-11-13-21)32-28(37)24(19(5)6)34-29(38)25(20(7)8)33-27(36)23(30)18(3)4/h9-13,17-20,22-25H,14-16,30H2,1-8H3,(H,31,35)(H,32,37)(H,33,36)(H,34,38)/t22-,23-,24-,25-/m0/s1. The van der Waals surface area contributed by atoms with Gasteiger partial charge in [0.05, 0.1) is 6.04 Å². The van der Waals surface area contributed by atoms with Crippen LogP contribution in [0, 0.1) is 23.7 Å². The van der Waals surface area contributed by atoms with Crippen molar-refractivity contribution in [1.29, 1.82) is 0 Å². The number of benzene rings is 1. The van der Waals surface area contributed by atoms with Gasteiger partial charge in [0.15, 0.2) is 0 Å². The molecular weight excluding hydrogens is 482 g/mol. The van der Waals surface area contributed by atoms with Crippen LogP contribution >= 0.6 is 0 Å². The van der Waals surface area contributed by atoms with E-state index in [-0.39, 0.29) is 29.6 Å². The monoisotopic (exact) mass is 531 g/mol. The van der Waals surface area contributed by atoms with Crippen molar-refractivity contribution < 1.29 is 19.2 Å². The van der Waals surface area contributed by atoms with Crippen LogP contribution in [0.5, 0.6) is 0 Å². The zero-order valence-corrected chi connectivity index (χ0v) is 24.3. The lowest BCUT2D eigenvalue weighted by Gasteiger charge is -2.29. The van der Waals surface area contributed by atoms with Gasteiger partial charge in [-0.15, -0.1) is 0 Å². The molecule has 0 saturated heterocycles. The van der Waals surface area contributed by atoms with Crippen molar-refractivity contribution in [1.82, 2.24) is 21.3 Å². The Morgan fingerprint density at radius 1 is 0.684 bits per heavy atom. The van der Waals surface area contributed by atoms with Crippen molar-refractivity contribution in [3.8, 4) is 0 Å². The molecule has 0 saturated carbocycles. The summed E-state index contributed by atoms with van der Waals surface area (Å²) in [7, 11) is 0. The lowest BCUT2D eigenvalue weighted by Crippen LogP contribution is -2.60. The van der Waals surface area contributed by atoms with E-state index in [1.54, 1.807) is 0 Å². The summed E-state index contributed by atoms with van der Waals surface area (Å²) < 4.78 is 0. The van der Waals surface area contributed by atoms with E-state index < -0.39 is 41.9 Å². The molecule has 0 fully saturated rings. The van der Waals surface area contributed by atoms with E-state index in [4.69, 9.17) is 5.73 Å². The molecule has 0 aromatic heterocycles. The number of amides is 4. The third-order valence-corrected chi connectivity index (χ3v) is 6.41. The van der Waals surface area contributed by atoms with Gasteiger partial charge in [-0.3, -0.25) is 19.2 Å². The summed E-state index contributed by atoms with van der Waals surface area (Å²) in [6, 6.07) is 6.63. The van der Waals surface area contributed by atoms with Gasteiger partial charge in [0.1, 0.15) is 18.1 Å². The van der Waals surface area contributed by atoms with Crippen molar-refractivity contribution in [2.45, 2.75) is 92.4 Å². The Bertz CT molecular complexity index is 901. The molecule has 0 aliphatic heterocycles. The Labute approximate surface area is 228 Å². The van der Waals surface area contributed by atoms with Gasteiger partial charge in [-0.25, -0.2) is 0 Å². The highest BCUT2D eigenvalue weighted by Gasteiger charge is 2.33. The maximum Gasteiger partial charge on any atom is 0.243 e. The van der Waals surface area contributed by atoms with Crippen LogP contribution in [0.4, 0.5) is 0 Å². The largest absolute Gasteiger partial charge is 0.354 e. The molecule has 214 valence electrons. The molecule has 0 heterocycles. The fourth-order valence-corrected chi connectivity index (χ4v) is 3.93. The lowest BCUT2D eigenvalue weighted by atomic mass is 9.97. The second-order valence-electron chi connectivity index (χ2n) is 11.4. The predicted octanol–water partition coefficient (Wildman–Crippen LogP) is 2.14. The minimum Gasteiger partial charge on any atom is -0.354 e. The van der Waals surface area contributed by atoms with E-state index >= 15 is 0 Å². The Morgan fingerprint density at radius 3 is 1.66 bits per heavy atom. The smallest absolute Gasteiger partial charge is 0.243 e. The number of carbonyl (C=O) groups excluding carboxylic acids is 4. The third kappa shape index (κ3) is 11.2. The summed E-state index contributed by atoms with van der Waals surface area (Å²) in [4.78, 5) is 52.0. The number of nitrogens with two attached hydrogens (primary N) is 1. The molecule has 0 spiro atoms. The van der Waals surface area contributed by atoms with Crippen LogP contribution in [0.3, 0.4) is 0 Å². The summed E-state index contributed by atoms with van der Waals surface area (Å²) >= 11 is 0. The van der Waals surface area contributed by atoms with E-state index in [0.717, 1.165) is 5.56 Å². The van der Waals surface area contributed by atoms with Gasteiger partial charge >= 0.3 is 0 Å². The lowest BCUT2D eigenvalue weighted by molar-refractivity contribution is -0.135. The van der Waals surface area contributed by atoms with Crippen LogP contribution in [0.25, 0.3) is 0 Å². The van der Waals surface area contributed by atoms with Gasteiger partial charge < -0.3 is 27.0 Å². The van der Waals surface area contributed by atoms with Crippen LogP contribution in [-0.2, 0) is 25.6 Å². The van der Waals surface area contributed by atoms with Gasteiger partial charge in [-0.05, 0) is 42.1 Å². The van der Waals surface area contributed by atoms with Gasteiger partial charge in [0, 0.05) is 6.54 Å². The summed E-state index contributed by atoms with van der Waals surface area (Å²) in [5.41, 5.74) is 7.06. The fraction of sp³-hybridized carbons (Fsp3) is 0.655. The SMILES string of the molecule is CC(C)C[C@H](NC(=O)[C@@H](NC(=O)[C@@H](NC(=O)[C@@H](N)C(C)C)C(C)C)C(C)C)C(=O)NCCc1ccccc1. The normalized spacial score (nSPS) is 14.7. The number of rotatable bonds is 15. The molecule has 1 aromatic rings. The van der Waals surface area contributed by atoms with E-state index in [9.17, 15) is 19.2 Å². The molecule has 6 N–H and O–H groups in total. The first kappa shape index (κ1) is 33.1. The predicted molar refractivity (Wildman–Crippen MR) is 151 cm³/mol. The summed E-state index contributed by atoms with van der Waals surface area (Å²) in [5.74, 6) is -1.97. The zero-order valence-electron chi connectivity index (χ0n) is 24.3. The maximum absolute atomic E-state index is 13.3. The highest BCUT2D eigenvalue weighted by molar-refractivity contribution is 5.95. The first-order valence-electron chi connectivity index (χ1n) is 13.7. The van der Waals surface area contributed by atoms with E-state index in [0.29, 0.717) is 19.4 Å². The quantitative estimate of drug-likeness (QED) is 0.236. The number of nitrogens with one attached hydrogen (secondary N) is 4. The maximum atomic E-state index is 13.3. The average molecular weight is 532 g/mol. The zero-order chi connectivity index (χ0) is 29.0. The number of hydrogen-bond acceptors (Lipinski definition) is 5.